The van der Waals surface area contributed by atoms with Gasteiger partial charge in [-0.15, -0.1) is 0 Å². The Bertz CT molecular complexity index is 813. The molecule has 1 unspecified atom stereocenters. The first-order chi connectivity index (χ1) is 11.3. The van der Waals surface area contributed by atoms with E-state index in [1.165, 1.54) is 0 Å². The molecule has 0 amide bonds. The predicted molar refractivity (Wildman–Crippen MR) is 89.5 cm³/mol. The maximum Gasteiger partial charge on any atom is 0.285 e. The molecule has 0 aliphatic heterocycles. The van der Waals surface area contributed by atoms with Crippen molar-refractivity contribution in [2.24, 2.45) is 0 Å². The van der Waals surface area contributed by atoms with Crippen LogP contribution in [-0.4, -0.2) is 27.3 Å². The summed E-state index contributed by atoms with van der Waals surface area (Å²) >= 11 is 0. The van der Waals surface area contributed by atoms with Crippen molar-refractivity contribution in [1.29, 1.82) is 0 Å². The fourth-order valence-corrected chi connectivity index (χ4v) is 2.38. The van der Waals surface area contributed by atoms with Gasteiger partial charge in [0.15, 0.2) is 0 Å². The van der Waals surface area contributed by atoms with Crippen molar-refractivity contribution in [3.8, 4) is 5.75 Å². The number of pyridine rings is 1. The van der Waals surface area contributed by atoms with Crippen LogP contribution in [0.2, 0.25) is 0 Å². The van der Waals surface area contributed by atoms with E-state index < -0.39 is 16.6 Å². The van der Waals surface area contributed by atoms with Gasteiger partial charge in [-0.1, -0.05) is 12.1 Å². The Labute approximate surface area is 139 Å². The van der Waals surface area contributed by atoms with E-state index in [0.717, 1.165) is 39.6 Å². The molecule has 24 heavy (non-hydrogen) atoms. The Balaban J connectivity index is 2.08. The maximum atomic E-state index is 11.7. The minimum absolute atomic E-state index is 0.0136. The van der Waals surface area contributed by atoms with Crippen LogP contribution in [0.1, 0.15) is 16.7 Å². The van der Waals surface area contributed by atoms with Gasteiger partial charge >= 0.3 is 0 Å². The average molecular weight is 332 g/mol. The molecule has 0 saturated heterocycles. The van der Waals surface area contributed by atoms with Crippen molar-refractivity contribution in [2.45, 2.75) is 33.4 Å². The van der Waals surface area contributed by atoms with Gasteiger partial charge in [0.25, 0.3) is 11.2 Å². The van der Waals surface area contributed by atoms with Gasteiger partial charge in [0.2, 0.25) is 0 Å². The topological polar surface area (TPSA) is 94.6 Å². The first-order valence-electron chi connectivity index (χ1n) is 7.52. The number of ether oxygens (including phenoxy) is 1. The molecule has 0 saturated carbocycles. The van der Waals surface area contributed by atoms with Gasteiger partial charge in [0.1, 0.15) is 18.5 Å². The second-order valence-corrected chi connectivity index (χ2v) is 5.75. The number of hydrogen-bond acceptors (Lipinski definition) is 5. The van der Waals surface area contributed by atoms with Gasteiger partial charge < -0.3 is 14.4 Å². The molecule has 0 fully saturated rings. The summed E-state index contributed by atoms with van der Waals surface area (Å²) in [4.78, 5) is 21.9. The molecule has 0 aliphatic carbocycles. The predicted octanol–water partition coefficient (Wildman–Crippen LogP) is 2.12. The monoisotopic (exact) mass is 332 g/mol. The normalized spacial score (nSPS) is 12.0. The van der Waals surface area contributed by atoms with Crippen molar-refractivity contribution < 1.29 is 14.8 Å². The zero-order valence-corrected chi connectivity index (χ0v) is 13.9. The summed E-state index contributed by atoms with van der Waals surface area (Å²) < 4.78 is 6.81. The minimum Gasteiger partial charge on any atom is -0.490 e. The lowest BCUT2D eigenvalue weighted by Gasteiger charge is -2.17. The summed E-state index contributed by atoms with van der Waals surface area (Å²) in [6.45, 7) is 5.74. The third kappa shape index (κ3) is 3.99. The molecule has 1 heterocycles. The highest BCUT2D eigenvalue weighted by Crippen LogP contribution is 2.25. The van der Waals surface area contributed by atoms with Crippen molar-refractivity contribution in [3.63, 3.8) is 0 Å². The number of aromatic nitrogens is 1. The highest BCUT2D eigenvalue weighted by atomic mass is 16.6. The number of rotatable bonds is 6. The quantitative estimate of drug-likeness (QED) is 0.646. The van der Waals surface area contributed by atoms with Gasteiger partial charge in [0.05, 0.1) is 17.7 Å². The average Bonchev–Trinajstić information content (AvgIpc) is 2.53. The van der Waals surface area contributed by atoms with E-state index in [0.29, 0.717) is 5.75 Å². The summed E-state index contributed by atoms with van der Waals surface area (Å²) in [6.07, 6.45) is 0.151. The first kappa shape index (κ1) is 17.7. The van der Waals surface area contributed by atoms with Crippen LogP contribution in [0.25, 0.3) is 0 Å². The zero-order valence-electron chi connectivity index (χ0n) is 13.9. The van der Waals surface area contributed by atoms with Crippen LogP contribution in [-0.2, 0) is 6.54 Å². The molecular weight excluding hydrogens is 312 g/mol. The van der Waals surface area contributed by atoms with Crippen LogP contribution in [0.3, 0.4) is 0 Å². The van der Waals surface area contributed by atoms with E-state index >= 15 is 0 Å². The van der Waals surface area contributed by atoms with Crippen molar-refractivity contribution in [3.05, 3.63) is 67.6 Å². The van der Waals surface area contributed by atoms with Gasteiger partial charge in [-0.05, 0) is 37.5 Å². The minimum atomic E-state index is -0.969. The fourth-order valence-electron chi connectivity index (χ4n) is 2.38. The number of nitrogens with zero attached hydrogens (tertiary/aromatic N) is 2. The van der Waals surface area contributed by atoms with E-state index in [9.17, 15) is 20.0 Å². The number of benzene rings is 1. The van der Waals surface area contributed by atoms with E-state index in [1.54, 1.807) is 0 Å². The number of aliphatic hydroxyl groups excluding tert-OH is 1. The van der Waals surface area contributed by atoms with Crippen LogP contribution in [0.15, 0.2) is 35.3 Å². The van der Waals surface area contributed by atoms with Crippen molar-refractivity contribution in [2.75, 3.05) is 6.61 Å². The second kappa shape index (κ2) is 7.27. The molecule has 1 aromatic carbocycles. The first-order valence-corrected chi connectivity index (χ1v) is 7.52. The molecule has 0 aliphatic rings. The van der Waals surface area contributed by atoms with E-state index in [4.69, 9.17) is 4.74 Å². The Morgan fingerprint density at radius 1 is 1.21 bits per heavy atom. The van der Waals surface area contributed by atoms with Crippen LogP contribution in [0.4, 0.5) is 5.69 Å². The van der Waals surface area contributed by atoms with Crippen LogP contribution in [0.5, 0.6) is 5.75 Å². The third-order valence-electron chi connectivity index (χ3n) is 3.88. The van der Waals surface area contributed by atoms with Crippen LogP contribution in [0, 0.1) is 30.9 Å². The Kier molecular flexibility index (Phi) is 5.35. The molecule has 2 aromatic rings. The molecule has 0 spiro atoms. The molecule has 1 aromatic heterocycles. The number of nitro groups is 1. The maximum absolute atomic E-state index is 11.7. The second-order valence-electron chi connectivity index (χ2n) is 5.75. The lowest BCUT2D eigenvalue weighted by molar-refractivity contribution is -0.385. The van der Waals surface area contributed by atoms with Gasteiger partial charge in [-0.2, -0.15) is 0 Å². The van der Waals surface area contributed by atoms with E-state index in [2.05, 4.69) is 0 Å². The lowest BCUT2D eigenvalue weighted by Crippen LogP contribution is -2.29. The molecule has 128 valence electrons. The van der Waals surface area contributed by atoms with Crippen molar-refractivity contribution in [1.82, 2.24) is 4.57 Å². The molecule has 1 N–H and O–H groups in total. The molecule has 0 bridgehead atoms. The fraction of sp³-hybridized carbons (Fsp3) is 0.353. The highest BCUT2D eigenvalue weighted by molar-refractivity contribution is 5.44. The Morgan fingerprint density at radius 2 is 1.88 bits per heavy atom. The number of aryl methyl sites for hydroxylation is 2. The van der Waals surface area contributed by atoms with E-state index in [-0.39, 0.29) is 18.8 Å². The van der Waals surface area contributed by atoms with Gasteiger partial charge in [-0.3, -0.25) is 14.9 Å². The highest BCUT2D eigenvalue weighted by Gasteiger charge is 2.13. The summed E-state index contributed by atoms with van der Waals surface area (Å²) in [5.74, 6) is 0.709. The van der Waals surface area contributed by atoms with E-state index in [1.807, 2.05) is 32.9 Å². The molecule has 7 heteroatoms. The zero-order chi connectivity index (χ0) is 17.9. The van der Waals surface area contributed by atoms with Gasteiger partial charge in [0, 0.05) is 12.1 Å². The standard InChI is InChI=1S/C17H20N2O5/c1-11-4-5-12(2)17(13(11)3)24-10-15(20)9-18-8-14(19(22)23)6-7-16(18)21/h4-8,15,20H,9-10H2,1-3H3. The molecule has 7 nitrogen and oxygen atoms in total. The SMILES string of the molecule is Cc1ccc(C)c(OCC(O)Cn2cc([N+](=O)[O-])ccc2=O)c1C. The smallest absolute Gasteiger partial charge is 0.285 e. The molecular formula is C17H20N2O5. The molecule has 1 atom stereocenters. The Morgan fingerprint density at radius 3 is 2.54 bits per heavy atom. The summed E-state index contributed by atoms with van der Waals surface area (Å²) in [5, 5.41) is 20.9. The van der Waals surface area contributed by atoms with Crippen LogP contribution < -0.4 is 10.3 Å². The van der Waals surface area contributed by atoms with Gasteiger partial charge in [-0.25, -0.2) is 0 Å². The van der Waals surface area contributed by atoms with Crippen LogP contribution >= 0.6 is 0 Å². The number of aliphatic hydroxyl groups is 1. The summed E-state index contributed by atoms with van der Waals surface area (Å²) in [7, 11) is 0. The molecule has 0 radical (unpaired) electrons. The number of hydrogen-bond donors (Lipinski definition) is 1. The Hall–Kier alpha value is -2.67. The lowest BCUT2D eigenvalue weighted by atomic mass is 10.1. The molecule has 2 rings (SSSR count). The van der Waals surface area contributed by atoms with Crippen molar-refractivity contribution >= 4 is 5.69 Å². The summed E-state index contributed by atoms with van der Waals surface area (Å²) in [6, 6.07) is 6.19. The largest absolute Gasteiger partial charge is 0.490 e. The summed E-state index contributed by atoms with van der Waals surface area (Å²) in [5.41, 5.74) is 2.42. The third-order valence-corrected chi connectivity index (χ3v) is 3.88.